The topological polar surface area (TPSA) is 70.4 Å². The lowest BCUT2D eigenvalue weighted by Gasteiger charge is -2.09. The molecule has 1 unspecified atom stereocenters. The third-order valence-electron chi connectivity index (χ3n) is 6.88. The van der Waals surface area contributed by atoms with Gasteiger partial charge in [-0.3, -0.25) is 9.00 Å². The smallest absolute Gasteiger partial charge is 0.160 e. The van der Waals surface area contributed by atoms with Crippen molar-refractivity contribution in [2.24, 2.45) is 0 Å². The minimum absolute atomic E-state index is 0.0426. The number of allylic oxidation sites excluding steroid dienone is 1. The summed E-state index contributed by atoms with van der Waals surface area (Å²) < 4.78 is 26.2. The zero-order chi connectivity index (χ0) is 30.4. The normalized spacial score (nSPS) is 12.1. The minimum Gasteiger partial charge on any atom is -0.491 e. The van der Waals surface area contributed by atoms with Crippen molar-refractivity contribution in [2.45, 2.75) is 56.7 Å². The first-order chi connectivity index (χ1) is 21.0. The quantitative estimate of drug-likeness (QED) is 0.0887. The second-order valence-electron chi connectivity index (χ2n) is 10.3. The molecule has 0 amide bonds. The second-order valence-corrected chi connectivity index (χ2v) is 12.1. The second kappa shape index (κ2) is 16.9. The highest BCUT2D eigenvalue weighted by Gasteiger charge is 2.10. The Hall–Kier alpha value is -3.52. The minimum atomic E-state index is -1.19. The van der Waals surface area contributed by atoms with Crippen LogP contribution in [-0.4, -0.2) is 39.4 Å². The van der Waals surface area contributed by atoms with Crippen molar-refractivity contribution in [3.63, 3.8) is 0 Å². The SMILES string of the molecule is CCCCOCCOc1ccc(-c2ccc(Cl)c(C=CC(=O)Cc3ccc(S(=O)Cc4cncn4CCC)cc3)c2)cc1. The molecule has 4 rings (SSSR count). The van der Waals surface area contributed by atoms with Crippen molar-refractivity contribution in [1.82, 2.24) is 9.55 Å². The number of rotatable bonds is 17. The predicted octanol–water partition coefficient (Wildman–Crippen LogP) is 7.94. The number of carbonyl (C=O) groups is 1. The number of nitrogens with zero attached hydrogens (tertiary/aromatic N) is 2. The lowest BCUT2D eigenvalue weighted by molar-refractivity contribution is -0.113. The van der Waals surface area contributed by atoms with Crippen LogP contribution in [0.3, 0.4) is 0 Å². The number of hydrogen-bond acceptors (Lipinski definition) is 5. The van der Waals surface area contributed by atoms with E-state index in [1.54, 1.807) is 24.7 Å². The molecule has 1 atom stereocenters. The van der Waals surface area contributed by atoms with Gasteiger partial charge in [-0.1, -0.05) is 62.2 Å². The van der Waals surface area contributed by atoms with E-state index in [2.05, 4.69) is 18.8 Å². The zero-order valence-electron chi connectivity index (χ0n) is 24.8. The van der Waals surface area contributed by atoms with Gasteiger partial charge in [0.2, 0.25) is 0 Å². The third kappa shape index (κ3) is 10.0. The number of imidazole rings is 1. The van der Waals surface area contributed by atoms with Gasteiger partial charge in [0.25, 0.3) is 0 Å². The molecular formula is C35H39ClN2O4S. The predicted molar refractivity (Wildman–Crippen MR) is 175 cm³/mol. The molecule has 0 saturated heterocycles. The Morgan fingerprint density at radius 3 is 2.47 bits per heavy atom. The van der Waals surface area contributed by atoms with Crippen molar-refractivity contribution in [2.75, 3.05) is 19.8 Å². The van der Waals surface area contributed by atoms with Gasteiger partial charge in [-0.15, -0.1) is 0 Å². The van der Waals surface area contributed by atoms with E-state index < -0.39 is 10.8 Å². The fraction of sp³-hybridized carbons (Fsp3) is 0.314. The number of benzene rings is 3. The molecular weight excluding hydrogens is 580 g/mol. The molecule has 6 nitrogen and oxygen atoms in total. The Morgan fingerprint density at radius 2 is 1.72 bits per heavy atom. The molecule has 0 fully saturated rings. The number of hydrogen-bond donors (Lipinski definition) is 0. The molecule has 0 aliphatic heterocycles. The van der Waals surface area contributed by atoms with E-state index in [9.17, 15) is 9.00 Å². The van der Waals surface area contributed by atoms with Crippen LogP contribution in [0, 0.1) is 0 Å². The third-order valence-corrected chi connectivity index (χ3v) is 8.58. The van der Waals surface area contributed by atoms with Gasteiger partial charge in [0.05, 0.1) is 35.2 Å². The van der Waals surface area contributed by atoms with Crippen molar-refractivity contribution < 1.29 is 18.5 Å². The van der Waals surface area contributed by atoms with Crippen LogP contribution in [0.4, 0.5) is 0 Å². The number of unbranched alkanes of at least 4 members (excludes halogenated alkanes) is 1. The highest BCUT2D eigenvalue weighted by molar-refractivity contribution is 7.84. The molecule has 0 bridgehead atoms. The van der Waals surface area contributed by atoms with Gasteiger partial charge >= 0.3 is 0 Å². The van der Waals surface area contributed by atoms with Gasteiger partial charge in [0.15, 0.2) is 5.78 Å². The van der Waals surface area contributed by atoms with E-state index in [0.717, 1.165) is 71.0 Å². The Morgan fingerprint density at radius 1 is 0.953 bits per heavy atom. The summed E-state index contributed by atoms with van der Waals surface area (Å²) in [6, 6.07) is 21.1. The first kappa shape index (κ1) is 32.4. The maximum atomic E-state index is 12.9. The van der Waals surface area contributed by atoms with Gasteiger partial charge in [0, 0.05) is 35.7 Å². The maximum Gasteiger partial charge on any atom is 0.160 e. The summed E-state index contributed by atoms with van der Waals surface area (Å²) in [6.07, 6.45) is 10.3. The van der Waals surface area contributed by atoms with E-state index in [1.165, 1.54) is 0 Å². The number of aryl methyl sites for hydroxylation is 1. The van der Waals surface area contributed by atoms with Crippen LogP contribution in [0.25, 0.3) is 17.2 Å². The Balaban J connectivity index is 1.31. The lowest BCUT2D eigenvalue weighted by Crippen LogP contribution is -2.07. The van der Waals surface area contributed by atoms with E-state index in [4.69, 9.17) is 21.1 Å². The standard InChI is InChI=1S/C35H39ClN2O4S/c1-3-5-19-41-20-21-42-33-13-9-28(10-14-33)29-11-17-35(36)30(23-29)8-12-32(39)22-27-6-15-34(16-7-27)43(40)25-31-24-37-26-38(31)18-4-2/h6-17,23-24,26H,3-5,18-22,25H2,1-2H3. The van der Waals surface area contributed by atoms with Crippen LogP contribution in [0.15, 0.2) is 90.2 Å². The summed E-state index contributed by atoms with van der Waals surface area (Å²) in [4.78, 5) is 17.7. The fourth-order valence-corrected chi connectivity index (χ4v) is 5.79. The number of carbonyl (C=O) groups excluding carboxylic acids is 1. The molecule has 1 heterocycles. The first-order valence-corrected chi connectivity index (χ1v) is 16.4. The molecule has 3 aromatic carbocycles. The molecule has 4 aromatic rings. The molecule has 0 N–H and O–H groups in total. The molecule has 0 radical (unpaired) electrons. The average molecular weight is 619 g/mol. The molecule has 43 heavy (non-hydrogen) atoms. The highest BCUT2D eigenvalue weighted by Crippen LogP contribution is 2.28. The van der Waals surface area contributed by atoms with Crippen LogP contribution >= 0.6 is 11.6 Å². The Kier molecular flexibility index (Phi) is 12.8. The van der Waals surface area contributed by atoms with Crippen LogP contribution in [0.5, 0.6) is 5.75 Å². The van der Waals surface area contributed by atoms with Crippen molar-refractivity contribution >= 4 is 34.3 Å². The summed E-state index contributed by atoms with van der Waals surface area (Å²) in [7, 11) is -1.19. The van der Waals surface area contributed by atoms with Gasteiger partial charge in [-0.25, -0.2) is 4.98 Å². The van der Waals surface area contributed by atoms with Crippen molar-refractivity contribution in [1.29, 1.82) is 0 Å². The highest BCUT2D eigenvalue weighted by atomic mass is 35.5. The fourth-order valence-electron chi connectivity index (χ4n) is 4.49. The average Bonchev–Trinajstić information content (AvgIpc) is 3.45. The van der Waals surface area contributed by atoms with Crippen molar-refractivity contribution in [3.8, 4) is 16.9 Å². The van der Waals surface area contributed by atoms with Gasteiger partial charge in [0.1, 0.15) is 12.4 Å². The lowest BCUT2D eigenvalue weighted by atomic mass is 10.0. The number of halogens is 1. The van der Waals surface area contributed by atoms with Crippen LogP contribution in [0.1, 0.15) is 49.9 Å². The Labute approximate surface area is 262 Å². The van der Waals surface area contributed by atoms with Crippen LogP contribution in [0.2, 0.25) is 5.02 Å². The monoisotopic (exact) mass is 618 g/mol. The summed E-state index contributed by atoms with van der Waals surface area (Å²) in [5.41, 5.74) is 4.60. The van der Waals surface area contributed by atoms with Gasteiger partial charge < -0.3 is 14.0 Å². The first-order valence-electron chi connectivity index (χ1n) is 14.7. The van der Waals surface area contributed by atoms with E-state index in [0.29, 0.717) is 24.0 Å². The number of ether oxygens (including phenoxy) is 2. The van der Waals surface area contributed by atoms with Crippen LogP contribution in [-0.2, 0) is 39.0 Å². The molecule has 8 heteroatoms. The van der Waals surface area contributed by atoms with Gasteiger partial charge in [-0.2, -0.15) is 0 Å². The molecule has 0 saturated carbocycles. The van der Waals surface area contributed by atoms with E-state index in [-0.39, 0.29) is 12.2 Å². The summed E-state index contributed by atoms with van der Waals surface area (Å²) >= 11 is 6.45. The number of ketones is 1. The molecule has 1 aromatic heterocycles. The molecule has 0 aliphatic carbocycles. The summed E-state index contributed by atoms with van der Waals surface area (Å²) in [5, 5.41) is 0.572. The largest absolute Gasteiger partial charge is 0.491 e. The van der Waals surface area contributed by atoms with E-state index in [1.807, 2.05) is 71.3 Å². The molecule has 0 aliphatic rings. The summed E-state index contributed by atoms with van der Waals surface area (Å²) in [5.74, 6) is 1.16. The maximum absolute atomic E-state index is 12.9. The zero-order valence-corrected chi connectivity index (χ0v) is 26.4. The van der Waals surface area contributed by atoms with E-state index >= 15 is 0 Å². The Bertz CT molecular complexity index is 1510. The van der Waals surface area contributed by atoms with Crippen LogP contribution < -0.4 is 4.74 Å². The van der Waals surface area contributed by atoms with Gasteiger partial charge in [-0.05, 0) is 83.6 Å². The van der Waals surface area contributed by atoms with Crippen molar-refractivity contribution in [3.05, 3.63) is 107 Å². The summed E-state index contributed by atoms with van der Waals surface area (Å²) in [6.45, 7) is 6.96. The number of aromatic nitrogens is 2. The molecule has 0 spiro atoms. The molecule has 226 valence electrons.